The standard InChI is InChI=1S/C20H38O5.H3N/c1-3-5-11-17(19(22)23)13-9-7-8-10-14-18(12-6-4-2)20(24)25-16-15-21;/h17-18,21H,3-16H2,1-2H3,(H,22,23);1H3. The van der Waals surface area contributed by atoms with Crippen molar-refractivity contribution >= 4 is 11.9 Å². The molecule has 6 nitrogen and oxygen atoms in total. The van der Waals surface area contributed by atoms with Crippen molar-refractivity contribution in [2.45, 2.75) is 90.9 Å². The summed E-state index contributed by atoms with van der Waals surface area (Å²) in [7, 11) is 0. The number of hydrogen-bond donors (Lipinski definition) is 3. The first-order valence-electron chi connectivity index (χ1n) is 10.1. The minimum atomic E-state index is -0.667. The summed E-state index contributed by atoms with van der Waals surface area (Å²) in [6.07, 6.45) is 11.2. The maximum Gasteiger partial charge on any atom is 0.309 e. The van der Waals surface area contributed by atoms with Crippen LogP contribution in [-0.4, -0.2) is 35.4 Å². The fraction of sp³-hybridized carbons (Fsp3) is 0.900. The molecule has 0 amide bonds. The molecular formula is C20H41NO5. The number of aliphatic hydroxyl groups is 1. The number of aliphatic carboxylic acids is 1. The van der Waals surface area contributed by atoms with E-state index in [0.717, 1.165) is 77.0 Å². The number of carboxylic acid groups (broad SMARTS) is 1. The van der Waals surface area contributed by atoms with Crippen molar-refractivity contribution in [2.24, 2.45) is 11.8 Å². The van der Waals surface area contributed by atoms with Crippen molar-refractivity contribution < 1.29 is 24.5 Å². The first-order valence-corrected chi connectivity index (χ1v) is 10.1. The van der Waals surface area contributed by atoms with Gasteiger partial charge in [-0.15, -0.1) is 0 Å². The molecule has 0 aliphatic rings. The van der Waals surface area contributed by atoms with Gasteiger partial charge in [-0.05, 0) is 25.7 Å². The number of esters is 1. The molecule has 0 spiro atoms. The zero-order chi connectivity index (χ0) is 18.9. The second-order valence-electron chi connectivity index (χ2n) is 6.90. The fourth-order valence-corrected chi connectivity index (χ4v) is 3.07. The molecule has 0 aromatic heterocycles. The Bertz CT molecular complexity index is 349. The summed E-state index contributed by atoms with van der Waals surface area (Å²) in [5.41, 5.74) is 0. The Kier molecular flexibility index (Phi) is 19.4. The van der Waals surface area contributed by atoms with Crippen molar-refractivity contribution in [3.05, 3.63) is 0 Å². The van der Waals surface area contributed by atoms with E-state index in [1.54, 1.807) is 0 Å². The normalized spacial score (nSPS) is 12.9. The van der Waals surface area contributed by atoms with E-state index >= 15 is 0 Å². The number of unbranched alkanes of at least 4 members (excludes halogenated alkanes) is 5. The first-order chi connectivity index (χ1) is 12.1. The molecule has 0 aliphatic heterocycles. The van der Waals surface area contributed by atoms with Crippen LogP contribution in [0, 0.1) is 11.8 Å². The van der Waals surface area contributed by atoms with Crippen LogP contribution in [0.25, 0.3) is 0 Å². The van der Waals surface area contributed by atoms with E-state index in [1.807, 2.05) is 0 Å². The van der Waals surface area contributed by atoms with Gasteiger partial charge in [0.25, 0.3) is 0 Å². The van der Waals surface area contributed by atoms with Gasteiger partial charge in [-0.2, -0.15) is 0 Å². The Morgan fingerprint density at radius 2 is 1.27 bits per heavy atom. The van der Waals surface area contributed by atoms with Gasteiger partial charge in [0.05, 0.1) is 18.4 Å². The van der Waals surface area contributed by atoms with Gasteiger partial charge in [0.15, 0.2) is 0 Å². The zero-order valence-electron chi connectivity index (χ0n) is 16.9. The summed E-state index contributed by atoms with van der Waals surface area (Å²) >= 11 is 0. The highest BCUT2D eigenvalue weighted by Crippen LogP contribution is 2.21. The second kappa shape index (κ2) is 18.6. The van der Waals surface area contributed by atoms with E-state index < -0.39 is 5.97 Å². The fourth-order valence-electron chi connectivity index (χ4n) is 3.07. The summed E-state index contributed by atoms with van der Waals surface area (Å²) < 4.78 is 5.07. The monoisotopic (exact) mass is 375 g/mol. The number of carbonyl (C=O) groups is 2. The van der Waals surface area contributed by atoms with Crippen LogP contribution in [-0.2, 0) is 14.3 Å². The van der Waals surface area contributed by atoms with Crippen LogP contribution in [0.2, 0.25) is 0 Å². The Labute approximate surface area is 159 Å². The number of carboxylic acids is 1. The molecule has 6 heteroatoms. The van der Waals surface area contributed by atoms with Crippen molar-refractivity contribution in [1.29, 1.82) is 0 Å². The Morgan fingerprint density at radius 3 is 1.73 bits per heavy atom. The smallest absolute Gasteiger partial charge is 0.309 e. The maximum atomic E-state index is 12.0. The second-order valence-corrected chi connectivity index (χ2v) is 6.90. The molecule has 0 aromatic carbocycles. The molecule has 0 saturated carbocycles. The lowest BCUT2D eigenvalue weighted by Gasteiger charge is -2.15. The van der Waals surface area contributed by atoms with E-state index in [-0.39, 0.29) is 37.2 Å². The summed E-state index contributed by atoms with van der Waals surface area (Å²) in [5.74, 6) is -1.12. The largest absolute Gasteiger partial charge is 0.481 e. The molecule has 0 radical (unpaired) electrons. The summed E-state index contributed by atoms with van der Waals surface area (Å²) in [6, 6.07) is 0. The van der Waals surface area contributed by atoms with E-state index in [2.05, 4.69) is 13.8 Å². The van der Waals surface area contributed by atoms with Crippen LogP contribution >= 0.6 is 0 Å². The average molecular weight is 376 g/mol. The van der Waals surface area contributed by atoms with Crippen LogP contribution in [0.15, 0.2) is 0 Å². The molecule has 0 heterocycles. The number of hydrogen-bond acceptors (Lipinski definition) is 5. The molecular weight excluding hydrogens is 334 g/mol. The van der Waals surface area contributed by atoms with Gasteiger partial charge in [-0.3, -0.25) is 9.59 Å². The summed E-state index contributed by atoms with van der Waals surface area (Å²) in [5, 5.41) is 18.0. The van der Waals surface area contributed by atoms with Crippen LogP contribution in [0.1, 0.15) is 90.9 Å². The SMILES string of the molecule is CCCCC(CCCCCCC(CCCC)C(=O)OCCO)C(=O)O.N. The number of rotatable bonds is 17. The van der Waals surface area contributed by atoms with Crippen molar-refractivity contribution in [2.75, 3.05) is 13.2 Å². The van der Waals surface area contributed by atoms with Crippen molar-refractivity contribution in [1.82, 2.24) is 6.15 Å². The van der Waals surface area contributed by atoms with Gasteiger partial charge < -0.3 is 21.1 Å². The lowest BCUT2D eigenvalue weighted by Crippen LogP contribution is -2.19. The lowest BCUT2D eigenvalue weighted by atomic mass is 9.93. The summed E-state index contributed by atoms with van der Waals surface area (Å²) in [4.78, 5) is 23.2. The summed E-state index contributed by atoms with van der Waals surface area (Å²) in [6.45, 7) is 4.14. The van der Waals surface area contributed by atoms with Crippen LogP contribution < -0.4 is 6.15 Å². The molecule has 2 atom stereocenters. The Hall–Kier alpha value is -1.14. The zero-order valence-corrected chi connectivity index (χ0v) is 16.9. The Morgan fingerprint density at radius 1 is 0.808 bits per heavy atom. The molecule has 5 N–H and O–H groups in total. The lowest BCUT2D eigenvalue weighted by molar-refractivity contribution is -0.150. The third kappa shape index (κ3) is 14.1. The predicted molar refractivity (Wildman–Crippen MR) is 104 cm³/mol. The van der Waals surface area contributed by atoms with Crippen LogP contribution in [0.5, 0.6) is 0 Å². The third-order valence-electron chi connectivity index (χ3n) is 4.69. The molecule has 2 unspecified atom stereocenters. The van der Waals surface area contributed by atoms with Gasteiger partial charge in [-0.1, -0.05) is 65.2 Å². The Balaban J connectivity index is 0. The van der Waals surface area contributed by atoms with Gasteiger partial charge >= 0.3 is 11.9 Å². The topological polar surface area (TPSA) is 119 Å². The molecule has 0 aromatic rings. The van der Waals surface area contributed by atoms with Gasteiger partial charge in [0.1, 0.15) is 6.61 Å². The van der Waals surface area contributed by atoms with E-state index in [0.29, 0.717) is 0 Å². The highest BCUT2D eigenvalue weighted by molar-refractivity contribution is 5.72. The minimum absolute atomic E-state index is 0. The molecule has 156 valence electrons. The van der Waals surface area contributed by atoms with Crippen molar-refractivity contribution in [3.8, 4) is 0 Å². The van der Waals surface area contributed by atoms with E-state index in [9.17, 15) is 14.7 Å². The maximum absolute atomic E-state index is 12.0. The molecule has 0 rings (SSSR count). The number of carbonyl (C=O) groups excluding carboxylic acids is 1. The number of aliphatic hydroxyl groups excluding tert-OH is 1. The molecule has 0 fully saturated rings. The molecule has 26 heavy (non-hydrogen) atoms. The van der Waals surface area contributed by atoms with E-state index in [4.69, 9.17) is 9.84 Å². The highest BCUT2D eigenvalue weighted by Gasteiger charge is 2.19. The van der Waals surface area contributed by atoms with E-state index in [1.165, 1.54) is 0 Å². The molecule has 0 saturated heterocycles. The highest BCUT2D eigenvalue weighted by atomic mass is 16.5. The van der Waals surface area contributed by atoms with Gasteiger partial charge in [0.2, 0.25) is 0 Å². The quantitative estimate of drug-likeness (QED) is 0.250. The molecule has 0 bridgehead atoms. The number of ether oxygens (including phenoxy) is 1. The minimum Gasteiger partial charge on any atom is -0.481 e. The van der Waals surface area contributed by atoms with Gasteiger partial charge in [-0.25, -0.2) is 0 Å². The van der Waals surface area contributed by atoms with Crippen LogP contribution in [0.4, 0.5) is 0 Å². The predicted octanol–water partition coefficient (Wildman–Crippen LogP) is 4.72. The average Bonchev–Trinajstić information content (AvgIpc) is 2.60. The van der Waals surface area contributed by atoms with Gasteiger partial charge in [0, 0.05) is 0 Å². The van der Waals surface area contributed by atoms with Crippen LogP contribution in [0.3, 0.4) is 0 Å². The first kappa shape index (κ1) is 27.1. The third-order valence-corrected chi connectivity index (χ3v) is 4.69. The molecule has 0 aliphatic carbocycles. The van der Waals surface area contributed by atoms with Crippen molar-refractivity contribution in [3.63, 3.8) is 0 Å².